The number of nitrogens with two attached hydrogens (primary N) is 2. The van der Waals surface area contributed by atoms with Crippen LogP contribution >= 0.6 is 0 Å². The normalized spacial score (nSPS) is 11.8. The summed E-state index contributed by atoms with van der Waals surface area (Å²) in [4.78, 5) is 25.0. The lowest BCUT2D eigenvalue weighted by molar-refractivity contribution is 0.777. The number of hydrogen-bond acceptors (Lipinski definition) is 6. The van der Waals surface area contributed by atoms with Crippen molar-refractivity contribution >= 4 is 22.5 Å². The zero-order valence-corrected chi connectivity index (χ0v) is 20.8. The third-order valence-corrected chi connectivity index (χ3v) is 6.30. The van der Waals surface area contributed by atoms with Gasteiger partial charge in [0.15, 0.2) is 11.5 Å². The summed E-state index contributed by atoms with van der Waals surface area (Å²) in [6.45, 7) is 4.64. The molecule has 0 bridgehead atoms. The summed E-state index contributed by atoms with van der Waals surface area (Å²) in [5, 5.41) is 1.48. The predicted octanol–water partition coefficient (Wildman–Crippen LogP) is 4.60. The second kappa shape index (κ2) is 10.1. The maximum absolute atomic E-state index is 12.8. The number of imidazole rings is 1. The van der Waals surface area contributed by atoms with Crippen LogP contribution in [-0.4, -0.2) is 19.5 Å². The van der Waals surface area contributed by atoms with Crippen LogP contribution in [0.25, 0.3) is 28.2 Å². The van der Waals surface area contributed by atoms with Gasteiger partial charge in [0, 0.05) is 11.8 Å². The molecule has 0 aliphatic carbocycles. The van der Waals surface area contributed by atoms with Gasteiger partial charge in [-0.1, -0.05) is 80.6 Å². The summed E-state index contributed by atoms with van der Waals surface area (Å²) in [6.07, 6.45) is 3.35. The molecule has 0 saturated carbocycles. The minimum Gasteiger partial charge on any atom is -0.397 e. The number of hydrogen-bond donors (Lipinski definition) is 3. The number of H-pyrrole nitrogens is 1. The van der Waals surface area contributed by atoms with E-state index in [1.54, 1.807) is 17.0 Å². The first-order valence-corrected chi connectivity index (χ1v) is 12.1. The molecule has 0 atom stereocenters. The van der Waals surface area contributed by atoms with E-state index in [0.717, 1.165) is 27.9 Å². The predicted molar refractivity (Wildman–Crippen MR) is 148 cm³/mol. The van der Waals surface area contributed by atoms with Crippen molar-refractivity contribution in [2.75, 3.05) is 5.01 Å². The van der Waals surface area contributed by atoms with Gasteiger partial charge < -0.3 is 10.7 Å². The van der Waals surface area contributed by atoms with Crippen LogP contribution in [0.2, 0.25) is 0 Å². The van der Waals surface area contributed by atoms with E-state index in [-0.39, 0.29) is 5.69 Å². The molecule has 5 aromatic rings. The second-order valence-electron chi connectivity index (χ2n) is 9.21. The fourth-order valence-corrected chi connectivity index (χ4v) is 4.31. The molecule has 0 aliphatic heterocycles. The topological polar surface area (TPSA) is 119 Å². The number of anilines is 1. The molecule has 0 aliphatic rings. The SMILES string of the molecule is CC(C)c1ccccc1-c1ncc2[nH]c(=O)n(Cc3ccc(N(N)/C=C(\N)c4ccccc4)cc3)c2n1. The van der Waals surface area contributed by atoms with E-state index in [0.29, 0.717) is 35.1 Å². The van der Waals surface area contributed by atoms with Crippen LogP contribution in [0.15, 0.2) is 96.1 Å². The third kappa shape index (κ3) is 5.00. The van der Waals surface area contributed by atoms with Crippen molar-refractivity contribution in [3.8, 4) is 11.4 Å². The van der Waals surface area contributed by atoms with E-state index in [4.69, 9.17) is 16.6 Å². The number of aromatic nitrogens is 4. The Kier molecular flexibility index (Phi) is 6.57. The van der Waals surface area contributed by atoms with Gasteiger partial charge in [0.2, 0.25) is 0 Å². The number of nitrogens with one attached hydrogen (secondary N) is 1. The van der Waals surface area contributed by atoms with E-state index in [9.17, 15) is 4.79 Å². The van der Waals surface area contributed by atoms with Crippen LogP contribution in [0.1, 0.15) is 36.5 Å². The molecular formula is C29H29N7O. The Hall–Kier alpha value is -4.69. The maximum Gasteiger partial charge on any atom is 0.328 e. The Bertz CT molecular complexity index is 1620. The van der Waals surface area contributed by atoms with Crippen LogP contribution in [0.3, 0.4) is 0 Å². The molecule has 0 radical (unpaired) electrons. The summed E-state index contributed by atoms with van der Waals surface area (Å²) >= 11 is 0. The highest BCUT2D eigenvalue weighted by Gasteiger charge is 2.15. The third-order valence-electron chi connectivity index (χ3n) is 6.30. The van der Waals surface area contributed by atoms with E-state index < -0.39 is 0 Å². The van der Waals surface area contributed by atoms with Gasteiger partial charge in [-0.25, -0.2) is 20.6 Å². The summed E-state index contributed by atoms with van der Waals surface area (Å²) in [5.74, 6) is 7.14. The minimum atomic E-state index is -0.235. The molecule has 0 saturated heterocycles. The lowest BCUT2D eigenvalue weighted by atomic mass is 9.97. The first-order chi connectivity index (χ1) is 17.9. The zero-order chi connectivity index (χ0) is 25.9. The van der Waals surface area contributed by atoms with E-state index in [1.165, 1.54) is 5.01 Å². The van der Waals surface area contributed by atoms with Gasteiger partial charge in [0.25, 0.3) is 0 Å². The van der Waals surface area contributed by atoms with Crippen LogP contribution in [0.5, 0.6) is 0 Å². The van der Waals surface area contributed by atoms with Crippen molar-refractivity contribution in [3.05, 3.63) is 118 Å². The van der Waals surface area contributed by atoms with Crippen molar-refractivity contribution < 1.29 is 0 Å². The number of rotatable bonds is 7. The fourth-order valence-electron chi connectivity index (χ4n) is 4.31. The van der Waals surface area contributed by atoms with Gasteiger partial charge in [-0.3, -0.25) is 9.58 Å². The Labute approximate surface area is 214 Å². The molecule has 8 nitrogen and oxygen atoms in total. The molecule has 8 heteroatoms. The summed E-state index contributed by atoms with van der Waals surface area (Å²) < 4.78 is 1.63. The molecule has 3 aromatic carbocycles. The summed E-state index contributed by atoms with van der Waals surface area (Å²) in [7, 11) is 0. The second-order valence-corrected chi connectivity index (χ2v) is 9.21. The highest BCUT2D eigenvalue weighted by molar-refractivity contribution is 5.74. The molecule has 0 fully saturated rings. The Morgan fingerprint density at radius 2 is 1.73 bits per heavy atom. The number of fused-ring (bicyclic) bond motifs is 1. The van der Waals surface area contributed by atoms with Gasteiger partial charge in [-0.15, -0.1) is 0 Å². The molecule has 37 heavy (non-hydrogen) atoms. The van der Waals surface area contributed by atoms with Gasteiger partial charge >= 0.3 is 5.69 Å². The van der Waals surface area contributed by atoms with Crippen molar-refractivity contribution in [3.63, 3.8) is 0 Å². The highest BCUT2D eigenvalue weighted by atomic mass is 16.1. The maximum atomic E-state index is 12.8. The van der Waals surface area contributed by atoms with Gasteiger partial charge in [0.05, 0.1) is 24.1 Å². The van der Waals surface area contributed by atoms with Gasteiger partial charge in [-0.05, 0) is 34.7 Å². The van der Waals surface area contributed by atoms with Crippen LogP contribution in [0.4, 0.5) is 5.69 Å². The molecule has 0 spiro atoms. The standard InChI is InChI=1S/C29H29N7O/c1-19(2)23-10-6-7-11-24(23)27-32-16-26-28(34-27)35(29(37)33-26)17-20-12-14-22(15-13-20)36(31)18-25(30)21-8-4-3-5-9-21/h3-16,18-19H,17,30-31H2,1-2H3,(H,33,37)/b25-18-. The van der Waals surface area contributed by atoms with Crippen molar-refractivity contribution in [1.29, 1.82) is 0 Å². The lowest BCUT2D eigenvalue weighted by Gasteiger charge is -2.16. The fraction of sp³-hybridized carbons (Fsp3) is 0.138. The summed E-state index contributed by atoms with van der Waals surface area (Å²) in [5.41, 5.74) is 12.4. The highest BCUT2D eigenvalue weighted by Crippen LogP contribution is 2.27. The van der Waals surface area contributed by atoms with E-state index >= 15 is 0 Å². The number of benzene rings is 3. The molecule has 186 valence electrons. The summed E-state index contributed by atoms with van der Waals surface area (Å²) in [6, 6.07) is 25.4. The first-order valence-electron chi connectivity index (χ1n) is 12.1. The molecule has 2 heterocycles. The number of aromatic amines is 1. The Morgan fingerprint density at radius 1 is 1.03 bits per heavy atom. The lowest BCUT2D eigenvalue weighted by Crippen LogP contribution is -2.25. The largest absolute Gasteiger partial charge is 0.397 e. The van der Waals surface area contributed by atoms with Crippen LogP contribution < -0.4 is 22.3 Å². The number of nitrogens with zero attached hydrogens (tertiary/aromatic N) is 4. The Balaban J connectivity index is 1.41. The van der Waals surface area contributed by atoms with Crippen molar-refractivity contribution in [2.45, 2.75) is 26.3 Å². The van der Waals surface area contributed by atoms with Crippen LogP contribution in [0, 0.1) is 0 Å². The molecule has 0 unspecified atom stereocenters. The number of hydrazine groups is 1. The smallest absolute Gasteiger partial charge is 0.328 e. The Morgan fingerprint density at radius 3 is 2.46 bits per heavy atom. The van der Waals surface area contributed by atoms with Gasteiger partial charge in [0.1, 0.15) is 5.52 Å². The van der Waals surface area contributed by atoms with Crippen molar-refractivity contribution in [2.24, 2.45) is 11.6 Å². The molecule has 2 aromatic heterocycles. The first kappa shape index (κ1) is 24.0. The molecule has 5 N–H and O–H groups in total. The van der Waals surface area contributed by atoms with Crippen LogP contribution in [-0.2, 0) is 6.54 Å². The minimum absolute atomic E-state index is 0.235. The molecule has 5 rings (SSSR count). The molecular weight excluding hydrogens is 462 g/mol. The van der Waals surface area contributed by atoms with Crippen molar-refractivity contribution in [1.82, 2.24) is 19.5 Å². The van der Waals surface area contributed by atoms with E-state index in [2.05, 4.69) is 29.9 Å². The van der Waals surface area contributed by atoms with Gasteiger partial charge in [-0.2, -0.15) is 0 Å². The quantitative estimate of drug-likeness (QED) is 0.226. The average molecular weight is 492 g/mol. The monoisotopic (exact) mass is 491 g/mol. The van der Waals surface area contributed by atoms with E-state index in [1.807, 2.05) is 72.8 Å². The molecule has 0 amide bonds. The zero-order valence-electron chi connectivity index (χ0n) is 20.8. The average Bonchev–Trinajstić information content (AvgIpc) is 3.23.